The Morgan fingerprint density at radius 1 is 1.56 bits per heavy atom. The van der Waals surface area contributed by atoms with Crippen LogP contribution >= 0.6 is 0 Å². The number of piperidine rings is 1. The average molecular weight is 254 g/mol. The SMILES string of the molecule is COC1CCN(c2ncc([N+](=O)[O-])c(=O)[nH]2)CC1. The van der Waals surface area contributed by atoms with Crippen molar-refractivity contribution in [2.75, 3.05) is 25.1 Å². The van der Waals surface area contributed by atoms with Crippen molar-refractivity contribution in [1.82, 2.24) is 9.97 Å². The predicted octanol–water partition coefficient (Wildman–Crippen LogP) is 0.293. The Bertz CT molecular complexity index is 493. The summed E-state index contributed by atoms with van der Waals surface area (Å²) in [6.45, 7) is 1.42. The van der Waals surface area contributed by atoms with Crippen LogP contribution in [-0.4, -0.2) is 41.2 Å². The van der Waals surface area contributed by atoms with E-state index in [1.54, 1.807) is 7.11 Å². The fourth-order valence-corrected chi connectivity index (χ4v) is 1.97. The minimum Gasteiger partial charge on any atom is -0.381 e. The third-order valence-electron chi connectivity index (χ3n) is 3.04. The van der Waals surface area contributed by atoms with E-state index in [2.05, 4.69) is 9.97 Å². The lowest BCUT2D eigenvalue weighted by Gasteiger charge is -2.31. The minimum atomic E-state index is -0.743. The fraction of sp³-hybridized carbons (Fsp3) is 0.600. The van der Waals surface area contributed by atoms with E-state index in [-0.39, 0.29) is 6.10 Å². The molecule has 98 valence electrons. The molecule has 0 radical (unpaired) electrons. The average Bonchev–Trinajstić information content (AvgIpc) is 2.38. The van der Waals surface area contributed by atoms with Gasteiger partial charge in [-0.25, -0.2) is 4.98 Å². The van der Waals surface area contributed by atoms with Crippen LogP contribution in [0.4, 0.5) is 11.6 Å². The van der Waals surface area contributed by atoms with E-state index in [4.69, 9.17) is 4.74 Å². The second-order valence-corrected chi connectivity index (χ2v) is 4.10. The van der Waals surface area contributed by atoms with Crippen molar-refractivity contribution in [3.05, 3.63) is 26.7 Å². The van der Waals surface area contributed by atoms with E-state index in [0.717, 1.165) is 19.0 Å². The third-order valence-corrected chi connectivity index (χ3v) is 3.04. The van der Waals surface area contributed by atoms with Crippen molar-refractivity contribution in [3.63, 3.8) is 0 Å². The van der Waals surface area contributed by atoms with Gasteiger partial charge in [0.25, 0.3) is 0 Å². The van der Waals surface area contributed by atoms with Gasteiger partial charge in [-0.1, -0.05) is 0 Å². The molecule has 1 fully saturated rings. The van der Waals surface area contributed by atoms with E-state index in [1.807, 2.05) is 4.90 Å². The molecule has 1 N–H and O–H groups in total. The number of aromatic nitrogens is 2. The van der Waals surface area contributed by atoms with Crippen LogP contribution in [-0.2, 0) is 4.74 Å². The van der Waals surface area contributed by atoms with Crippen LogP contribution in [0.5, 0.6) is 0 Å². The van der Waals surface area contributed by atoms with Gasteiger partial charge in [-0.15, -0.1) is 0 Å². The van der Waals surface area contributed by atoms with Crippen molar-refractivity contribution >= 4 is 11.6 Å². The smallest absolute Gasteiger partial charge is 0.352 e. The summed E-state index contributed by atoms with van der Waals surface area (Å²) in [7, 11) is 1.67. The number of hydrogen-bond acceptors (Lipinski definition) is 6. The van der Waals surface area contributed by atoms with Crippen LogP contribution in [0.2, 0.25) is 0 Å². The zero-order chi connectivity index (χ0) is 13.1. The predicted molar refractivity (Wildman–Crippen MR) is 63.8 cm³/mol. The summed E-state index contributed by atoms with van der Waals surface area (Å²) in [5.41, 5.74) is -1.26. The number of nitro groups is 1. The number of aromatic amines is 1. The van der Waals surface area contributed by atoms with Gasteiger partial charge in [0, 0.05) is 20.2 Å². The van der Waals surface area contributed by atoms with Crippen molar-refractivity contribution < 1.29 is 9.66 Å². The number of anilines is 1. The van der Waals surface area contributed by atoms with Gasteiger partial charge in [-0.3, -0.25) is 19.9 Å². The molecule has 1 saturated heterocycles. The molecular weight excluding hydrogens is 240 g/mol. The molecule has 1 aromatic rings. The van der Waals surface area contributed by atoms with Crippen LogP contribution in [0, 0.1) is 10.1 Å². The number of ether oxygens (including phenoxy) is 1. The van der Waals surface area contributed by atoms with Crippen LogP contribution in [0.3, 0.4) is 0 Å². The molecule has 8 nitrogen and oxygen atoms in total. The maximum absolute atomic E-state index is 11.5. The van der Waals surface area contributed by atoms with E-state index in [1.165, 1.54) is 0 Å². The molecule has 0 bridgehead atoms. The lowest BCUT2D eigenvalue weighted by Crippen LogP contribution is -2.38. The quantitative estimate of drug-likeness (QED) is 0.614. The first kappa shape index (κ1) is 12.5. The first-order valence-electron chi connectivity index (χ1n) is 5.63. The highest BCUT2D eigenvalue weighted by Gasteiger charge is 2.22. The molecule has 18 heavy (non-hydrogen) atoms. The van der Waals surface area contributed by atoms with Gasteiger partial charge in [0.1, 0.15) is 6.20 Å². The number of rotatable bonds is 3. The zero-order valence-electron chi connectivity index (χ0n) is 9.96. The number of hydrogen-bond donors (Lipinski definition) is 1. The van der Waals surface area contributed by atoms with Crippen LogP contribution in [0.15, 0.2) is 11.0 Å². The summed E-state index contributed by atoms with van der Waals surface area (Å²) >= 11 is 0. The maximum atomic E-state index is 11.5. The van der Waals surface area contributed by atoms with E-state index >= 15 is 0 Å². The zero-order valence-corrected chi connectivity index (χ0v) is 9.96. The van der Waals surface area contributed by atoms with Gasteiger partial charge < -0.3 is 9.64 Å². The Balaban J connectivity index is 2.13. The number of H-pyrrole nitrogens is 1. The van der Waals surface area contributed by atoms with Gasteiger partial charge in [0.2, 0.25) is 5.95 Å². The second-order valence-electron chi connectivity index (χ2n) is 4.10. The highest BCUT2D eigenvalue weighted by molar-refractivity contribution is 5.34. The Kier molecular flexibility index (Phi) is 3.56. The summed E-state index contributed by atoms with van der Waals surface area (Å²) in [4.78, 5) is 29.5. The largest absolute Gasteiger partial charge is 0.381 e. The van der Waals surface area contributed by atoms with Gasteiger partial charge in [-0.05, 0) is 12.8 Å². The summed E-state index contributed by atoms with van der Waals surface area (Å²) < 4.78 is 5.24. The molecule has 0 aliphatic carbocycles. The van der Waals surface area contributed by atoms with Crippen molar-refractivity contribution in [3.8, 4) is 0 Å². The first-order valence-corrected chi connectivity index (χ1v) is 5.63. The molecule has 0 aromatic carbocycles. The monoisotopic (exact) mass is 254 g/mol. The van der Waals surface area contributed by atoms with Gasteiger partial charge in [-0.2, -0.15) is 0 Å². The second kappa shape index (κ2) is 5.13. The molecule has 1 aliphatic heterocycles. The Labute approximate surface area is 103 Å². The molecular formula is C10H14N4O4. The van der Waals surface area contributed by atoms with E-state index < -0.39 is 16.2 Å². The molecule has 0 unspecified atom stereocenters. The van der Waals surface area contributed by atoms with Gasteiger partial charge >= 0.3 is 11.2 Å². The highest BCUT2D eigenvalue weighted by Crippen LogP contribution is 2.17. The lowest BCUT2D eigenvalue weighted by molar-refractivity contribution is -0.386. The molecule has 8 heteroatoms. The Morgan fingerprint density at radius 3 is 2.72 bits per heavy atom. The van der Waals surface area contributed by atoms with Crippen LogP contribution in [0.25, 0.3) is 0 Å². The lowest BCUT2D eigenvalue weighted by atomic mass is 10.1. The molecule has 2 rings (SSSR count). The highest BCUT2D eigenvalue weighted by atomic mass is 16.6. The number of methoxy groups -OCH3 is 1. The molecule has 0 amide bonds. The third kappa shape index (κ3) is 2.48. The normalized spacial score (nSPS) is 16.8. The Hall–Kier alpha value is -1.96. The van der Waals surface area contributed by atoms with E-state index in [0.29, 0.717) is 19.0 Å². The molecule has 0 spiro atoms. The number of nitrogens with zero attached hydrogens (tertiary/aromatic N) is 3. The summed E-state index contributed by atoms with van der Waals surface area (Å²) in [6.07, 6.45) is 2.91. The van der Waals surface area contributed by atoms with Crippen LogP contribution in [0.1, 0.15) is 12.8 Å². The van der Waals surface area contributed by atoms with Crippen molar-refractivity contribution in [2.24, 2.45) is 0 Å². The topological polar surface area (TPSA) is 101 Å². The van der Waals surface area contributed by atoms with Gasteiger partial charge in [0.05, 0.1) is 11.0 Å². The maximum Gasteiger partial charge on any atom is 0.352 e. The van der Waals surface area contributed by atoms with Crippen molar-refractivity contribution in [2.45, 2.75) is 18.9 Å². The molecule has 0 atom stereocenters. The number of nitrogens with one attached hydrogen (secondary N) is 1. The summed E-state index contributed by atoms with van der Waals surface area (Å²) in [5, 5.41) is 10.5. The van der Waals surface area contributed by atoms with Gasteiger partial charge in [0.15, 0.2) is 0 Å². The standard InChI is InChI=1S/C10H14N4O4/c1-18-7-2-4-13(5-3-7)10-11-6-8(14(16)17)9(15)12-10/h6-7H,2-5H2,1H3,(H,11,12,15). The van der Waals surface area contributed by atoms with Crippen molar-refractivity contribution in [1.29, 1.82) is 0 Å². The van der Waals surface area contributed by atoms with Crippen LogP contribution < -0.4 is 10.5 Å². The molecule has 1 aromatic heterocycles. The molecule has 1 aliphatic rings. The first-order chi connectivity index (χ1) is 8.61. The minimum absolute atomic E-state index is 0.228. The Morgan fingerprint density at radius 2 is 2.22 bits per heavy atom. The molecule has 2 heterocycles. The van der Waals surface area contributed by atoms with E-state index in [9.17, 15) is 14.9 Å². The molecule has 0 saturated carbocycles. The summed E-state index contributed by atoms with van der Waals surface area (Å²) in [5.74, 6) is 0.375. The summed E-state index contributed by atoms with van der Waals surface area (Å²) in [6, 6.07) is 0. The fourth-order valence-electron chi connectivity index (χ4n) is 1.97.